The van der Waals surface area contributed by atoms with Crippen LogP contribution in [0.4, 0.5) is 0 Å². The van der Waals surface area contributed by atoms with E-state index in [1.807, 2.05) is 12.1 Å². The maximum Gasteiger partial charge on any atom is 0.805 e. The van der Waals surface area contributed by atoms with Gasteiger partial charge in [0, 0.05) is 24.7 Å². The second-order valence-electron chi connectivity index (χ2n) is 3.03. The van der Waals surface area contributed by atoms with E-state index in [2.05, 4.69) is 0 Å². The summed E-state index contributed by atoms with van der Waals surface area (Å²) in [6.45, 7) is 0. The van der Waals surface area contributed by atoms with Gasteiger partial charge >= 0.3 is 8.25 Å². The minimum absolute atomic E-state index is 0. The minimum Gasteiger partial charge on any atom is -0.222 e. The molecule has 0 spiro atoms. The first-order valence-corrected chi connectivity index (χ1v) is 5.87. The van der Waals surface area contributed by atoms with Crippen molar-refractivity contribution >= 4 is 8.25 Å². The van der Waals surface area contributed by atoms with Crippen LogP contribution in [0.1, 0.15) is 0 Å². The van der Waals surface area contributed by atoms with Crippen molar-refractivity contribution < 1.29 is 33.7 Å². The summed E-state index contributed by atoms with van der Waals surface area (Å²) in [4.78, 5) is 0. The van der Waals surface area contributed by atoms with E-state index >= 15 is 0 Å². The number of para-hydroxylation sites is 2. The van der Waals surface area contributed by atoms with Crippen LogP contribution in [0, 0.1) is 0 Å². The largest absolute Gasteiger partial charge is 0.805 e. The molecular weight excluding hydrogens is 415 g/mol. The van der Waals surface area contributed by atoms with Crippen LogP contribution < -0.4 is 9.05 Å². The van der Waals surface area contributed by atoms with E-state index in [4.69, 9.17) is 9.05 Å². The molecule has 0 heterocycles. The number of rotatable bonds is 4. The first-order valence-electron chi connectivity index (χ1n) is 4.78. The fourth-order valence-corrected chi connectivity index (χ4v) is 1.78. The average Bonchev–Trinajstić information content (AvgIpc) is 2.31. The van der Waals surface area contributed by atoms with Gasteiger partial charge in [0.15, 0.2) is 11.5 Å². The van der Waals surface area contributed by atoms with E-state index in [0.29, 0.717) is 11.5 Å². The summed E-state index contributed by atoms with van der Waals surface area (Å²) in [6, 6.07) is 17.8. The van der Waals surface area contributed by atoms with E-state index < -0.39 is 8.25 Å². The summed E-state index contributed by atoms with van der Waals surface area (Å²) in [7, 11) is -2.18. The van der Waals surface area contributed by atoms with Crippen molar-refractivity contribution in [1.29, 1.82) is 0 Å². The second-order valence-corrected chi connectivity index (χ2v) is 3.84. The van der Waals surface area contributed by atoms with Gasteiger partial charge < -0.3 is 0 Å². The number of benzene rings is 2. The fraction of sp³-hybridized carbons (Fsp3) is 0. The molecule has 0 atom stereocenters. The molecule has 0 aliphatic heterocycles. The monoisotopic (exact) mass is 426 g/mol. The predicted molar refractivity (Wildman–Crippen MR) is 61.7 cm³/mol. The van der Waals surface area contributed by atoms with Crippen molar-refractivity contribution in [3.05, 3.63) is 60.7 Å². The predicted octanol–water partition coefficient (Wildman–Crippen LogP) is 3.80. The van der Waals surface area contributed by atoms with Crippen LogP contribution in [-0.4, -0.2) is 0 Å². The van der Waals surface area contributed by atoms with E-state index in [0.717, 1.165) is 0 Å². The van der Waals surface area contributed by atoms with Crippen molar-refractivity contribution in [2.24, 2.45) is 0 Å². The topological polar surface area (TPSA) is 35.5 Å². The second kappa shape index (κ2) is 7.18. The molecule has 0 fully saturated rings. The number of hydrogen-bond acceptors (Lipinski definition) is 3. The Bertz CT molecular complexity index is 418. The summed E-state index contributed by atoms with van der Waals surface area (Å²) < 4.78 is 21.7. The Morgan fingerprint density at radius 3 is 1.41 bits per heavy atom. The van der Waals surface area contributed by atoms with Crippen molar-refractivity contribution in [3.8, 4) is 11.5 Å². The smallest absolute Gasteiger partial charge is 0.222 e. The molecule has 0 amide bonds. The molecule has 2 rings (SSSR count). The van der Waals surface area contributed by atoms with Crippen molar-refractivity contribution in [2.45, 2.75) is 0 Å². The molecule has 3 nitrogen and oxygen atoms in total. The zero-order chi connectivity index (χ0) is 11.2. The van der Waals surface area contributed by atoms with Gasteiger partial charge in [0.25, 0.3) is 0 Å². The van der Waals surface area contributed by atoms with E-state index in [1.54, 1.807) is 48.5 Å². The fourth-order valence-electron chi connectivity index (χ4n) is 1.15. The Hall–Kier alpha value is -1.21. The summed E-state index contributed by atoms with van der Waals surface area (Å²) >= 11 is 0. The third-order valence-corrected chi connectivity index (χ3v) is 2.57. The van der Waals surface area contributed by atoms with Gasteiger partial charge in [-0.3, -0.25) is 0 Å². The molecule has 0 aliphatic rings. The molecule has 5 heteroatoms. The molecule has 0 aliphatic carbocycles. The molecule has 0 unspecified atom stereocenters. The van der Waals surface area contributed by atoms with Crippen LogP contribution >= 0.6 is 8.25 Å². The van der Waals surface area contributed by atoms with E-state index in [9.17, 15) is 4.57 Å². The molecule has 0 N–H and O–H groups in total. The quantitative estimate of drug-likeness (QED) is 0.700. The summed E-state index contributed by atoms with van der Waals surface area (Å²) in [5, 5.41) is 0. The van der Waals surface area contributed by atoms with Gasteiger partial charge in [0.05, 0.1) is 0 Å². The maximum atomic E-state index is 11.5. The average molecular weight is 425 g/mol. The third-order valence-electron chi connectivity index (χ3n) is 1.85. The van der Waals surface area contributed by atoms with E-state index in [-0.39, 0.29) is 20.1 Å². The van der Waals surface area contributed by atoms with Gasteiger partial charge in [-0.05, 0) is 24.3 Å². The Labute approximate surface area is 114 Å². The molecule has 17 heavy (non-hydrogen) atoms. The zero-order valence-electron chi connectivity index (χ0n) is 8.78. The van der Waals surface area contributed by atoms with E-state index in [1.165, 1.54) is 0 Å². The van der Waals surface area contributed by atoms with Gasteiger partial charge in [-0.15, -0.1) is 0 Å². The van der Waals surface area contributed by atoms with Crippen LogP contribution in [0.2, 0.25) is 0 Å². The molecule has 1 radical (unpaired) electrons. The standard InChI is InChI=1S/C12H10O3P.Ir/c13-16(14-11-7-3-1-4-8-11)15-12-9-5-2-6-10-12;/h1-10H;/q+1;. The van der Waals surface area contributed by atoms with Gasteiger partial charge in [0.2, 0.25) is 0 Å². The maximum absolute atomic E-state index is 11.5. The van der Waals surface area contributed by atoms with Crippen molar-refractivity contribution in [2.75, 3.05) is 0 Å². The molecule has 0 bridgehead atoms. The summed E-state index contributed by atoms with van der Waals surface area (Å²) in [5.74, 6) is 1.05. The molecule has 2 aromatic rings. The molecular formula is C12H10IrO3P+. The summed E-state index contributed by atoms with van der Waals surface area (Å²) in [6.07, 6.45) is 0. The molecule has 0 saturated carbocycles. The number of hydrogen-bond donors (Lipinski definition) is 0. The third kappa shape index (κ3) is 4.66. The molecule has 2 aromatic carbocycles. The van der Waals surface area contributed by atoms with Crippen LogP contribution in [0.3, 0.4) is 0 Å². The van der Waals surface area contributed by atoms with Gasteiger partial charge in [-0.2, -0.15) is 0 Å². The summed E-state index contributed by atoms with van der Waals surface area (Å²) in [5.41, 5.74) is 0. The van der Waals surface area contributed by atoms with Gasteiger partial charge in [-0.1, -0.05) is 36.4 Å². The Kier molecular flexibility index (Phi) is 5.85. The SMILES string of the molecule is O=[P+](Oc1ccccc1)Oc1ccccc1.[Ir]. The molecule has 0 aromatic heterocycles. The van der Waals surface area contributed by atoms with Crippen LogP contribution in [0.25, 0.3) is 0 Å². The first kappa shape index (κ1) is 13.9. The molecule has 89 valence electrons. The van der Waals surface area contributed by atoms with Crippen LogP contribution in [0.5, 0.6) is 11.5 Å². The van der Waals surface area contributed by atoms with Gasteiger partial charge in [-0.25, -0.2) is 9.05 Å². The van der Waals surface area contributed by atoms with Crippen molar-refractivity contribution in [3.63, 3.8) is 0 Å². The van der Waals surface area contributed by atoms with Crippen molar-refractivity contribution in [1.82, 2.24) is 0 Å². The Balaban J connectivity index is 0.00000144. The minimum atomic E-state index is -2.18. The first-order chi connectivity index (χ1) is 7.84. The van der Waals surface area contributed by atoms with Crippen LogP contribution in [-0.2, 0) is 24.7 Å². The molecule has 0 saturated heterocycles. The Morgan fingerprint density at radius 1 is 0.706 bits per heavy atom. The van der Waals surface area contributed by atoms with Crippen LogP contribution in [0.15, 0.2) is 60.7 Å². The Morgan fingerprint density at radius 2 is 1.06 bits per heavy atom. The normalized spacial score (nSPS) is 8.94. The van der Waals surface area contributed by atoms with Gasteiger partial charge in [0.1, 0.15) is 0 Å². The zero-order valence-corrected chi connectivity index (χ0v) is 12.1.